The van der Waals surface area contributed by atoms with Gasteiger partial charge in [-0.05, 0) is 24.3 Å². The first-order chi connectivity index (χ1) is 13.1. The van der Waals surface area contributed by atoms with Crippen LogP contribution in [0, 0.1) is 6.92 Å². The van der Waals surface area contributed by atoms with E-state index in [-0.39, 0.29) is 11.8 Å². The van der Waals surface area contributed by atoms with E-state index < -0.39 is 5.91 Å². The van der Waals surface area contributed by atoms with Crippen molar-refractivity contribution in [3.8, 4) is 22.6 Å². The highest BCUT2D eigenvalue weighted by atomic mass is 35.5. The Labute approximate surface area is 159 Å². The molecule has 4 aromatic rings. The van der Waals surface area contributed by atoms with Crippen LogP contribution in [-0.4, -0.2) is 20.9 Å². The lowest BCUT2D eigenvalue weighted by molar-refractivity contribution is 0.0993. The van der Waals surface area contributed by atoms with Crippen molar-refractivity contribution in [2.45, 2.75) is 6.92 Å². The van der Waals surface area contributed by atoms with E-state index in [1.807, 2.05) is 6.07 Å². The summed E-state index contributed by atoms with van der Waals surface area (Å²) in [6, 6.07) is 12.4. The van der Waals surface area contributed by atoms with Gasteiger partial charge in [0, 0.05) is 23.7 Å². The van der Waals surface area contributed by atoms with Crippen LogP contribution in [-0.2, 0) is 0 Å². The summed E-state index contributed by atoms with van der Waals surface area (Å²) in [6.07, 6.45) is 3.07. The molecule has 0 aliphatic rings. The highest BCUT2D eigenvalue weighted by Gasteiger charge is 2.22. The zero-order chi connectivity index (χ0) is 18.8. The molecule has 1 amide bonds. The minimum Gasteiger partial charge on any atom is -0.435 e. The van der Waals surface area contributed by atoms with Gasteiger partial charge in [-0.1, -0.05) is 29.8 Å². The SMILES string of the molecule is Cc1nc(-c2ccc(Cl)cc2)c(C(=O)Nc2nc(-c3ccccn3)co2)o1. The second-order valence-electron chi connectivity index (χ2n) is 5.62. The average Bonchev–Trinajstić information content (AvgIpc) is 3.30. The molecule has 7 nitrogen and oxygen atoms in total. The molecule has 0 atom stereocenters. The molecule has 0 spiro atoms. The number of nitrogens with zero attached hydrogens (tertiary/aromatic N) is 3. The zero-order valence-electron chi connectivity index (χ0n) is 14.1. The summed E-state index contributed by atoms with van der Waals surface area (Å²) in [7, 11) is 0. The number of halogens is 1. The molecule has 0 saturated heterocycles. The molecular formula is C19H13ClN4O3. The van der Waals surface area contributed by atoms with Gasteiger partial charge in [0.1, 0.15) is 17.7 Å². The number of carbonyl (C=O) groups excluding carboxylic acids is 1. The molecule has 0 fully saturated rings. The molecule has 3 aromatic heterocycles. The number of hydrogen-bond acceptors (Lipinski definition) is 6. The van der Waals surface area contributed by atoms with E-state index in [0.717, 1.165) is 0 Å². The van der Waals surface area contributed by atoms with Gasteiger partial charge in [0.05, 0.1) is 5.69 Å². The van der Waals surface area contributed by atoms with Crippen LogP contribution in [0.5, 0.6) is 0 Å². The lowest BCUT2D eigenvalue weighted by Crippen LogP contribution is -2.12. The number of benzene rings is 1. The number of aromatic nitrogens is 3. The Bertz CT molecular complexity index is 1090. The van der Waals surface area contributed by atoms with E-state index in [0.29, 0.717) is 33.6 Å². The van der Waals surface area contributed by atoms with Crippen molar-refractivity contribution in [1.82, 2.24) is 15.0 Å². The minimum atomic E-state index is -0.519. The molecule has 8 heteroatoms. The molecule has 3 heterocycles. The third-order valence-electron chi connectivity index (χ3n) is 3.71. The van der Waals surface area contributed by atoms with E-state index in [9.17, 15) is 4.79 Å². The Hall–Kier alpha value is -3.45. The maximum Gasteiger partial charge on any atom is 0.302 e. The molecule has 4 rings (SSSR count). The number of aryl methyl sites for hydroxylation is 1. The van der Waals surface area contributed by atoms with Crippen LogP contribution in [0.3, 0.4) is 0 Å². The van der Waals surface area contributed by atoms with Gasteiger partial charge in [-0.15, -0.1) is 0 Å². The summed E-state index contributed by atoms with van der Waals surface area (Å²) in [6.45, 7) is 1.67. The molecule has 0 unspecified atom stereocenters. The van der Waals surface area contributed by atoms with Crippen molar-refractivity contribution >= 4 is 23.5 Å². The maximum absolute atomic E-state index is 12.6. The summed E-state index contributed by atoms with van der Waals surface area (Å²) in [5, 5.41) is 3.17. The lowest BCUT2D eigenvalue weighted by Gasteiger charge is -2.01. The van der Waals surface area contributed by atoms with Crippen molar-refractivity contribution in [3.05, 3.63) is 71.6 Å². The van der Waals surface area contributed by atoms with Gasteiger partial charge in [0.25, 0.3) is 5.91 Å². The number of anilines is 1. The highest BCUT2D eigenvalue weighted by molar-refractivity contribution is 6.30. The fourth-order valence-electron chi connectivity index (χ4n) is 2.50. The number of hydrogen-bond donors (Lipinski definition) is 1. The average molecular weight is 381 g/mol. The van der Waals surface area contributed by atoms with Crippen LogP contribution in [0.2, 0.25) is 5.02 Å². The standard InChI is InChI=1S/C19H13ClN4O3/c1-11-22-16(12-5-7-13(20)8-6-12)17(27-11)18(25)24-19-23-15(10-26-19)14-4-2-3-9-21-14/h2-10H,1H3,(H,23,24,25). The van der Waals surface area contributed by atoms with Gasteiger partial charge >= 0.3 is 6.01 Å². The number of pyridine rings is 1. The van der Waals surface area contributed by atoms with E-state index >= 15 is 0 Å². The lowest BCUT2D eigenvalue weighted by atomic mass is 10.1. The van der Waals surface area contributed by atoms with Crippen LogP contribution in [0.15, 0.2) is 63.8 Å². The summed E-state index contributed by atoms with van der Waals surface area (Å²) in [4.78, 5) is 25.4. The normalized spacial score (nSPS) is 10.7. The highest BCUT2D eigenvalue weighted by Crippen LogP contribution is 2.26. The van der Waals surface area contributed by atoms with Gasteiger partial charge in [-0.2, -0.15) is 4.98 Å². The molecule has 27 heavy (non-hydrogen) atoms. The second kappa shape index (κ2) is 7.05. The van der Waals surface area contributed by atoms with Crippen LogP contribution < -0.4 is 5.32 Å². The smallest absolute Gasteiger partial charge is 0.302 e. The first-order valence-electron chi connectivity index (χ1n) is 8.02. The van der Waals surface area contributed by atoms with Crippen molar-refractivity contribution in [1.29, 1.82) is 0 Å². The largest absolute Gasteiger partial charge is 0.435 e. The first kappa shape index (κ1) is 17.0. The van der Waals surface area contributed by atoms with E-state index in [1.54, 1.807) is 49.5 Å². The van der Waals surface area contributed by atoms with E-state index in [2.05, 4.69) is 20.3 Å². The van der Waals surface area contributed by atoms with Crippen molar-refractivity contribution in [3.63, 3.8) is 0 Å². The minimum absolute atomic E-state index is 0.0387. The molecule has 134 valence electrons. The van der Waals surface area contributed by atoms with Crippen molar-refractivity contribution in [2.75, 3.05) is 5.32 Å². The molecule has 0 aliphatic heterocycles. The predicted octanol–water partition coefficient (Wildman–Crippen LogP) is 4.61. The summed E-state index contributed by atoms with van der Waals surface area (Å²) < 4.78 is 10.8. The molecule has 0 aliphatic carbocycles. The van der Waals surface area contributed by atoms with E-state index in [4.69, 9.17) is 20.4 Å². The van der Waals surface area contributed by atoms with Crippen molar-refractivity contribution < 1.29 is 13.6 Å². The summed E-state index contributed by atoms with van der Waals surface area (Å²) in [5.74, 6) is -0.0888. The zero-order valence-corrected chi connectivity index (χ0v) is 14.9. The number of carbonyl (C=O) groups is 1. The van der Waals surface area contributed by atoms with Gasteiger partial charge in [0.2, 0.25) is 5.76 Å². The second-order valence-corrected chi connectivity index (χ2v) is 6.06. The fraction of sp³-hybridized carbons (Fsp3) is 0.0526. The van der Waals surface area contributed by atoms with Gasteiger partial charge in [-0.3, -0.25) is 15.1 Å². The predicted molar refractivity (Wildman–Crippen MR) is 99.4 cm³/mol. The quantitative estimate of drug-likeness (QED) is 0.555. The van der Waals surface area contributed by atoms with Gasteiger partial charge in [0.15, 0.2) is 5.89 Å². The summed E-state index contributed by atoms with van der Waals surface area (Å²) in [5.41, 5.74) is 2.28. The number of amides is 1. The Kier molecular flexibility index (Phi) is 4.43. The monoisotopic (exact) mass is 380 g/mol. The molecule has 0 bridgehead atoms. The van der Waals surface area contributed by atoms with Crippen LogP contribution in [0.1, 0.15) is 16.4 Å². The Morgan fingerprint density at radius 2 is 1.89 bits per heavy atom. The van der Waals surface area contributed by atoms with Gasteiger partial charge in [-0.25, -0.2) is 4.98 Å². The third-order valence-corrected chi connectivity index (χ3v) is 3.96. The van der Waals surface area contributed by atoms with E-state index in [1.165, 1.54) is 6.26 Å². The Morgan fingerprint density at radius 3 is 2.63 bits per heavy atom. The molecule has 1 N–H and O–H groups in total. The topological polar surface area (TPSA) is 94.1 Å². The first-order valence-corrected chi connectivity index (χ1v) is 8.39. The van der Waals surface area contributed by atoms with Crippen LogP contribution in [0.25, 0.3) is 22.6 Å². The molecular weight excluding hydrogens is 368 g/mol. The molecule has 0 radical (unpaired) electrons. The Balaban J connectivity index is 1.59. The third kappa shape index (κ3) is 3.58. The molecule has 0 saturated carbocycles. The number of rotatable bonds is 4. The number of nitrogens with one attached hydrogen (secondary N) is 1. The summed E-state index contributed by atoms with van der Waals surface area (Å²) >= 11 is 5.92. The maximum atomic E-state index is 12.6. The van der Waals surface area contributed by atoms with Crippen LogP contribution in [0.4, 0.5) is 6.01 Å². The Morgan fingerprint density at radius 1 is 1.07 bits per heavy atom. The van der Waals surface area contributed by atoms with Crippen molar-refractivity contribution in [2.24, 2.45) is 0 Å². The van der Waals surface area contributed by atoms with Crippen LogP contribution >= 0.6 is 11.6 Å². The van der Waals surface area contributed by atoms with Gasteiger partial charge < -0.3 is 8.83 Å². The molecule has 1 aromatic carbocycles. The number of oxazole rings is 2. The fourth-order valence-corrected chi connectivity index (χ4v) is 2.63.